The molecule has 3 aromatic rings. The molecule has 30 heavy (non-hydrogen) atoms. The molecule has 0 radical (unpaired) electrons. The maximum Gasteiger partial charge on any atom is 0.159 e. The number of halogens is 4. The Morgan fingerprint density at radius 3 is 2.10 bits per heavy atom. The van der Waals surface area contributed by atoms with Crippen LogP contribution < -0.4 is 4.90 Å². The number of benzene rings is 3. The van der Waals surface area contributed by atoms with Gasteiger partial charge in [-0.3, -0.25) is 0 Å². The second-order valence-electron chi connectivity index (χ2n) is 7.63. The molecule has 0 bridgehead atoms. The number of hydrogen-bond acceptors (Lipinski definition) is 1. The third kappa shape index (κ3) is 5.74. The van der Waals surface area contributed by atoms with Crippen LogP contribution in [0.2, 0.25) is 10.0 Å². The first-order valence-electron chi connectivity index (χ1n) is 10.0. The van der Waals surface area contributed by atoms with Crippen LogP contribution in [0.3, 0.4) is 0 Å². The van der Waals surface area contributed by atoms with Crippen molar-refractivity contribution in [2.45, 2.75) is 39.2 Å². The van der Waals surface area contributed by atoms with Crippen molar-refractivity contribution in [1.82, 2.24) is 0 Å². The highest BCUT2D eigenvalue weighted by molar-refractivity contribution is 6.33. The Kier molecular flexibility index (Phi) is 7.74. The standard InChI is InChI=1S/C18H19Cl2N.C7H6F2/c1-13-5-10-18(16(20)12-13)21-11-3-2-4-17(21)14-6-8-15(19)9-7-14;1-5-2-3-6(8)7(9)4-5/h5-10,12,17H,2-4,11H2,1H3;2-4H,1H3. The molecule has 4 rings (SSSR count). The zero-order valence-electron chi connectivity index (χ0n) is 17.1. The molecule has 1 nitrogen and oxygen atoms in total. The van der Waals surface area contributed by atoms with E-state index < -0.39 is 11.6 Å². The number of anilines is 1. The van der Waals surface area contributed by atoms with E-state index in [0.717, 1.165) is 46.4 Å². The zero-order valence-corrected chi connectivity index (χ0v) is 18.7. The van der Waals surface area contributed by atoms with Crippen molar-refractivity contribution in [3.8, 4) is 0 Å². The van der Waals surface area contributed by atoms with Gasteiger partial charge in [-0.05, 0) is 86.2 Å². The maximum atomic E-state index is 12.2. The maximum absolute atomic E-state index is 12.2. The number of hydrogen-bond donors (Lipinski definition) is 0. The minimum atomic E-state index is -0.791. The second-order valence-corrected chi connectivity index (χ2v) is 8.47. The molecule has 1 saturated heterocycles. The fourth-order valence-electron chi connectivity index (χ4n) is 3.70. The Bertz CT molecular complexity index is 989. The molecule has 1 fully saturated rings. The molecule has 1 aliphatic rings. The van der Waals surface area contributed by atoms with Gasteiger partial charge in [0.25, 0.3) is 0 Å². The van der Waals surface area contributed by atoms with E-state index in [1.807, 2.05) is 18.2 Å². The Balaban J connectivity index is 0.000000239. The van der Waals surface area contributed by atoms with Crippen LogP contribution >= 0.6 is 23.2 Å². The number of nitrogens with zero attached hydrogens (tertiary/aromatic N) is 1. The van der Waals surface area contributed by atoms with Gasteiger partial charge in [-0.2, -0.15) is 0 Å². The van der Waals surface area contributed by atoms with Gasteiger partial charge in [-0.15, -0.1) is 0 Å². The van der Waals surface area contributed by atoms with Crippen molar-refractivity contribution in [3.63, 3.8) is 0 Å². The van der Waals surface area contributed by atoms with Crippen molar-refractivity contribution < 1.29 is 8.78 Å². The molecule has 0 aromatic heterocycles. The van der Waals surface area contributed by atoms with Crippen LogP contribution in [0.4, 0.5) is 14.5 Å². The van der Waals surface area contributed by atoms with E-state index in [-0.39, 0.29) is 0 Å². The fourth-order valence-corrected chi connectivity index (χ4v) is 4.17. The number of rotatable bonds is 2. The van der Waals surface area contributed by atoms with Crippen molar-refractivity contribution in [1.29, 1.82) is 0 Å². The lowest BCUT2D eigenvalue weighted by Crippen LogP contribution is -2.33. The first-order chi connectivity index (χ1) is 14.3. The minimum absolute atomic E-state index is 0.385. The molecule has 5 heteroatoms. The second kappa shape index (κ2) is 10.3. The summed E-state index contributed by atoms with van der Waals surface area (Å²) in [6.07, 6.45) is 3.63. The number of aryl methyl sites for hydroxylation is 2. The highest BCUT2D eigenvalue weighted by Crippen LogP contribution is 2.38. The molecule has 0 aliphatic carbocycles. The van der Waals surface area contributed by atoms with Gasteiger partial charge in [-0.25, -0.2) is 8.78 Å². The highest BCUT2D eigenvalue weighted by Gasteiger charge is 2.25. The van der Waals surface area contributed by atoms with Crippen LogP contribution in [0.25, 0.3) is 0 Å². The molecule has 0 amide bonds. The van der Waals surface area contributed by atoms with Crippen LogP contribution in [0.1, 0.15) is 42.0 Å². The molecule has 1 heterocycles. The molecule has 0 N–H and O–H groups in total. The van der Waals surface area contributed by atoms with Gasteiger partial charge in [0, 0.05) is 11.6 Å². The van der Waals surface area contributed by atoms with Gasteiger partial charge < -0.3 is 4.90 Å². The van der Waals surface area contributed by atoms with Crippen molar-refractivity contribution >= 4 is 28.9 Å². The monoisotopic (exact) mass is 447 g/mol. The smallest absolute Gasteiger partial charge is 0.159 e. The molecule has 1 unspecified atom stereocenters. The van der Waals surface area contributed by atoms with Crippen LogP contribution in [-0.4, -0.2) is 6.54 Å². The van der Waals surface area contributed by atoms with Gasteiger partial charge in [0.15, 0.2) is 11.6 Å². The summed E-state index contributed by atoms with van der Waals surface area (Å²) >= 11 is 12.5. The van der Waals surface area contributed by atoms with Crippen LogP contribution in [0, 0.1) is 25.5 Å². The zero-order chi connectivity index (χ0) is 21.7. The largest absolute Gasteiger partial charge is 0.363 e. The summed E-state index contributed by atoms with van der Waals surface area (Å²) in [6, 6.07) is 18.7. The lowest BCUT2D eigenvalue weighted by atomic mass is 9.94. The average Bonchev–Trinajstić information content (AvgIpc) is 2.72. The van der Waals surface area contributed by atoms with E-state index in [1.165, 1.54) is 30.0 Å². The molecule has 0 saturated carbocycles. The summed E-state index contributed by atoms with van der Waals surface area (Å²) < 4.78 is 24.3. The Morgan fingerprint density at radius 1 is 0.800 bits per heavy atom. The predicted molar refractivity (Wildman–Crippen MR) is 123 cm³/mol. The van der Waals surface area contributed by atoms with Crippen molar-refractivity contribution in [2.24, 2.45) is 0 Å². The fraction of sp³-hybridized carbons (Fsp3) is 0.280. The Morgan fingerprint density at radius 2 is 1.47 bits per heavy atom. The summed E-state index contributed by atoms with van der Waals surface area (Å²) in [7, 11) is 0. The Hall–Kier alpha value is -2.10. The third-order valence-electron chi connectivity index (χ3n) is 5.25. The topological polar surface area (TPSA) is 3.24 Å². The van der Waals surface area contributed by atoms with Crippen molar-refractivity contribution in [2.75, 3.05) is 11.4 Å². The minimum Gasteiger partial charge on any atom is -0.363 e. The average molecular weight is 448 g/mol. The molecule has 1 atom stereocenters. The van der Waals surface area contributed by atoms with Crippen LogP contribution in [0.5, 0.6) is 0 Å². The van der Waals surface area contributed by atoms with Gasteiger partial charge in [0.05, 0.1) is 16.8 Å². The van der Waals surface area contributed by atoms with Gasteiger partial charge >= 0.3 is 0 Å². The number of piperidine rings is 1. The van der Waals surface area contributed by atoms with Crippen LogP contribution in [0.15, 0.2) is 60.7 Å². The van der Waals surface area contributed by atoms with E-state index in [4.69, 9.17) is 23.2 Å². The molecule has 3 aromatic carbocycles. The molecule has 0 spiro atoms. The molecule has 158 valence electrons. The first kappa shape index (κ1) is 22.6. The van der Waals surface area contributed by atoms with Crippen LogP contribution in [-0.2, 0) is 0 Å². The van der Waals surface area contributed by atoms with E-state index in [0.29, 0.717) is 6.04 Å². The van der Waals surface area contributed by atoms with Gasteiger partial charge in [0.2, 0.25) is 0 Å². The van der Waals surface area contributed by atoms with Gasteiger partial charge in [-0.1, -0.05) is 47.5 Å². The summed E-state index contributed by atoms with van der Waals surface area (Å²) in [5, 5.41) is 1.63. The first-order valence-corrected chi connectivity index (χ1v) is 10.8. The molecular formula is C25H25Cl2F2N. The van der Waals surface area contributed by atoms with E-state index >= 15 is 0 Å². The normalized spacial score (nSPS) is 16.1. The SMILES string of the molecule is Cc1ccc(F)c(F)c1.Cc1ccc(N2CCCCC2c2ccc(Cl)cc2)c(Cl)c1. The van der Waals surface area contributed by atoms with E-state index in [2.05, 4.69) is 36.1 Å². The summed E-state index contributed by atoms with van der Waals surface area (Å²) in [4.78, 5) is 2.44. The third-order valence-corrected chi connectivity index (χ3v) is 5.80. The predicted octanol–water partition coefficient (Wildman–Crippen LogP) is 8.31. The summed E-state index contributed by atoms with van der Waals surface area (Å²) in [5.41, 5.74) is 4.38. The van der Waals surface area contributed by atoms with E-state index in [1.54, 1.807) is 6.92 Å². The lowest BCUT2D eigenvalue weighted by molar-refractivity contribution is 0.473. The molecular weight excluding hydrogens is 423 g/mol. The summed E-state index contributed by atoms with van der Waals surface area (Å²) in [6.45, 7) is 4.83. The van der Waals surface area contributed by atoms with Crippen molar-refractivity contribution in [3.05, 3.63) is 99.0 Å². The van der Waals surface area contributed by atoms with E-state index in [9.17, 15) is 8.78 Å². The molecule has 1 aliphatic heterocycles. The quantitative estimate of drug-likeness (QED) is 0.381. The highest BCUT2D eigenvalue weighted by atomic mass is 35.5. The summed E-state index contributed by atoms with van der Waals surface area (Å²) in [5.74, 6) is -1.57. The lowest BCUT2D eigenvalue weighted by Gasteiger charge is -2.38. The van der Waals surface area contributed by atoms with Gasteiger partial charge in [0.1, 0.15) is 0 Å². The Labute approximate surface area is 187 Å².